The van der Waals surface area contributed by atoms with Crippen LogP contribution in [0.3, 0.4) is 0 Å². The molecule has 1 unspecified atom stereocenters. The number of nitrogens with one attached hydrogen (secondary N) is 1. The summed E-state index contributed by atoms with van der Waals surface area (Å²) in [6, 6.07) is 13.9. The van der Waals surface area contributed by atoms with E-state index in [4.69, 9.17) is 0 Å². The SMILES string of the molecule is Cc1cccc(CNC(=O)N(CCO)C2CCCc3ccccc32)n1. The first-order chi connectivity index (χ1) is 12.2. The molecule has 1 atom stereocenters. The van der Waals surface area contributed by atoms with Gasteiger partial charge in [0.05, 0.1) is 24.9 Å². The number of carbonyl (C=O) groups is 1. The highest BCUT2D eigenvalue weighted by molar-refractivity contribution is 5.75. The molecule has 1 aliphatic carbocycles. The van der Waals surface area contributed by atoms with Gasteiger partial charge in [-0.25, -0.2) is 4.79 Å². The number of carbonyl (C=O) groups excluding carboxylic acids is 1. The fraction of sp³-hybridized carbons (Fsp3) is 0.400. The van der Waals surface area contributed by atoms with Crippen molar-refractivity contribution in [1.82, 2.24) is 15.2 Å². The molecule has 2 amide bonds. The third kappa shape index (κ3) is 4.17. The average molecular weight is 339 g/mol. The standard InChI is InChI=1S/C20H25N3O2/c1-15-6-4-9-17(22-15)14-21-20(25)23(12-13-24)19-11-5-8-16-7-2-3-10-18(16)19/h2-4,6-7,9-10,19,24H,5,8,11-14H2,1H3,(H,21,25). The van der Waals surface area contributed by atoms with Crippen LogP contribution in [0, 0.1) is 6.92 Å². The first-order valence-electron chi connectivity index (χ1n) is 8.84. The van der Waals surface area contributed by atoms with Gasteiger partial charge >= 0.3 is 6.03 Å². The van der Waals surface area contributed by atoms with E-state index in [-0.39, 0.29) is 18.7 Å². The van der Waals surface area contributed by atoms with Crippen LogP contribution in [-0.2, 0) is 13.0 Å². The molecule has 0 bridgehead atoms. The van der Waals surface area contributed by atoms with Crippen molar-refractivity contribution in [3.05, 3.63) is 65.0 Å². The first kappa shape index (κ1) is 17.4. The predicted molar refractivity (Wildman–Crippen MR) is 97.1 cm³/mol. The first-order valence-corrected chi connectivity index (χ1v) is 8.84. The number of nitrogens with zero attached hydrogens (tertiary/aromatic N) is 2. The Bertz CT molecular complexity index is 732. The molecule has 1 aliphatic rings. The van der Waals surface area contributed by atoms with Gasteiger partial charge in [0.2, 0.25) is 0 Å². The summed E-state index contributed by atoms with van der Waals surface area (Å²) in [6.45, 7) is 2.60. The molecule has 0 spiro atoms. The maximum atomic E-state index is 12.8. The summed E-state index contributed by atoms with van der Waals surface area (Å²) in [6.07, 6.45) is 3.03. The molecule has 3 rings (SSSR count). The summed E-state index contributed by atoms with van der Waals surface area (Å²) in [5, 5.41) is 12.4. The van der Waals surface area contributed by atoms with E-state index < -0.39 is 0 Å². The molecular formula is C20H25N3O2. The van der Waals surface area contributed by atoms with E-state index in [0.717, 1.165) is 30.7 Å². The van der Waals surface area contributed by atoms with Crippen LogP contribution in [-0.4, -0.2) is 34.2 Å². The van der Waals surface area contributed by atoms with Crippen LogP contribution in [0.15, 0.2) is 42.5 Å². The number of pyridine rings is 1. The van der Waals surface area contributed by atoms with E-state index in [0.29, 0.717) is 13.1 Å². The van der Waals surface area contributed by atoms with Gasteiger partial charge in [-0.2, -0.15) is 0 Å². The summed E-state index contributed by atoms with van der Waals surface area (Å²) in [7, 11) is 0. The Morgan fingerprint density at radius 3 is 2.92 bits per heavy atom. The second-order valence-electron chi connectivity index (χ2n) is 6.45. The minimum absolute atomic E-state index is 0.0163. The highest BCUT2D eigenvalue weighted by atomic mass is 16.3. The van der Waals surface area contributed by atoms with Crippen LogP contribution in [0.25, 0.3) is 0 Å². The van der Waals surface area contributed by atoms with Crippen molar-refractivity contribution in [3.8, 4) is 0 Å². The number of urea groups is 1. The summed E-state index contributed by atoms with van der Waals surface area (Å²) in [5.41, 5.74) is 4.27. The molecule has 0 saturated heterocycles. The molecule has 0 aliphatic heterocycles. The highest BCUT2D eigenvalue weighted by Crippen LogP contribution is 2.34. The molecule has 5 nitrogen and oxygen atoms in total. The Balaban J connectivity index is 1.73. The second kappa shape index (κ2) is 8.12. The summed E-state index contributed by atoms with van der Waals surface area (Å²) >= 11 is 0. The zero-order valence-corrected chi connectivity index (χ0v) is 14.6. The Labute approximate surface area is 148 Å². The number of rotatable bonds is 5. The maximum Gasteiger partial charge on any atom is 0.318 e. The van der Waals surface area contributed by atoms with Gasteiger partial charge in [0.15, 0.2) is 0 Å². The number of aromatic nitrogens is 1. The quantitative estimate of drug-likeness (QED) is 0.880. The van der Waals surface area contributed by atoms with Crippen molar-refractivity contribution in [2.75, 3.05) is 13.2 Å². The third-order valence-electron chi connectivity index (χ3n) is 4.68. The van der Waals surface area contributed by atoms with Gasteiger partial charge in [-0.15, -0.1) is 0 Å². The van der Waals surface area contributed by atoms with Crippen molar-refractivity contribution in [3.63, 3.8) is 0 Å². The van der Waals surface area contributed by atoms with E-state index in [1.165, 1.54) is 11.1 Å². The van der Waals surface area contributed by atoms with Crippen LogP contribution < -0.4 is 5.32 Å². The minimum atomic E-state index is -0.154. The van der Waals surface area contributed by atoms with Gasteiger partial charge < -0.3 is 15.3 Å². The lowest BCUT2D eigenvalue weighted by Crippen LogP contribution is -2.44. The van der Waals surface area contributed by atoms with E-state index in [1.807, 2.05) is 37.3 Å². The largest absolute Gasteiger partial charge is 0.395 e. The molecule has 2 aromatic rings. The highest BCUT2D eigenvalue weighted by Gasteiger charge is 2.28. The van der Waals surface area contributed by atoms with E-state index >= 15 is 0 Å². The number of amides is 2. The average Bonchev–Trinajstić information content (AvgIpc) is 2.64. The van der Waals surface area contributed by atoms with Gasteiger partial charge in [-0.1, -0.05) is 30.3 Å². The molecule has 0 fully saturated rings. The molecule has 25 heavy (non-hydrogen) atoms. The lowest BCUT2D eigenvalue weighted by molar-refractivity contribution is 0.144. The summed E-state index contributed by atoms with van der Waals surface area (Å²) < 4.78 is 0. The van der Waals surface area contributed by atoms with Crippen molar-refractivity contribution in [2.24, 2.45) is 0 Å². The van der Waals surface area contributed by atoms with Crippen LogP contribution in [0.1, 0.15) is 41.4 Å². The number of aliphatic hydroxyl groups excluding tert-OH is 1. The fourth-order valence-electron chi connectivity index (χ4n) is 3.52. The van der Waals surface area contributed by atoms with Gasteiger partial charge in [0.25, 0.3) is 0 Å². The minimum Gasteiger partial charge on any atom is -0.395 e. The molecule has 2 N–H and O–H groups in total. The molecular weight excluding hydrogens is 314 g/mol. The zero-order valence-electron chi connectivity index (χ0n) is 14.6. The molecule has 0 radical (unpaired) electrons. The van der Waals surface area contributed by atoms with Crippen LogP contribution in [0.2, 0.25) is 0 Å². The number of benzene rings is 1. The lowest BCUT2D eigenvalue weighted by Gasteiger charge is -2.35. The molecule has 1 aromatic heterocycles. The maximum absolute atomic E-state index is 12.8. The van der Waals surface area contributed by atoms with Crippen molar-refractivity contribution in [1.29, 1.82) is 0 Å². The van der Waals surface area contributed by atoms with E-state index in [9.17, 15) is 9.90 Å². The van der Waals surface area contributed by atoms with Crippen molar-refractivity contribution < 1.29 is 9.90 Å². The summed E-state index contributed by atoms with van der Waals surface area (Å²) in [5.74, 6) is 0. The van der Waals surface area contributed by atoms with Crippen LogP contribution in [0.5, 0.6) is 0 Å². The molecule has 1 heterocycles. The number of hydrogen-bond acceptors (Lipinski definition) is 3. The summed E-state index contributed by atoms with van der Waals surface area (Å²) in [4.78, 5) is 19.0. The van der Waals surface area contributed by atoms with E-state index in [1.54, 1.807) is 4.90 Å². The topological polar surface area (TPSA) is 65.5 Å². The predicted octanol–water partition coefficient (Wildman–Crippen LogP) is 2.97. The Morgan fingerprint density at radius 1 is 1.28 bits per heavy atom. The molecule has 1 aromatic carbocycles. The lowest BCUT2D eigenvalue weighted by atomic mass is 9.87. The van der Waals surface area contributed by atoms with Gasteiger partial charge in [0.1, 0.15) is 0 Å². The number of aliphatic hydroxyl groups is 1. The van der Waals surface area contributed by atoms with Crippen LogP contribution in [0.4, 0.5) is 4.79 Å². The monoisotopic (exact) mass is 339 g/mol. The number of hydrogen-bond donors (Lipinski definition) is 2. The van der Waals surface area contributed by atoms with Gasteiger partial charge in [-0.3, -0.25) is 4.98 Å². The molecule has 5 heteroatoms. The third-order valence-corrected chi connectivity index (χ3v) is 4.68. The van der Waals surface area contributed by atoms with Gasteiger partial charge in [0, 0.05) is 12.2 Å². The Morgan fingerprint density at radius 2 is 2.12 bits per heavy atom. The Kier molecular flexibility index (Phi) is 5.66. The Hall–Kier alpha value is -2.40. The smallest absolute Gasteiger partial charge is 0.318 e. The molecule has 0 saturated carbocycles. The number of fused-ring (bicyclic) bond motifs is 1. The zero-order chi connectivity index (χ0) is 17.6. The van der Waals surface area contributed by atoms with Crippen LogP contribution >= 0.6 is 0 Å². The number of aryl methyl sites for hydroxylation is 2. The van der Waals surface area contributed by atoms with E-state index in [2.05, 4.69) is 22.4 Å². The second-order valence-corrected chi connectivity index (χ2v) is 6.45. The molecule has 132 valence electrons. The fourth-order valence-corrected chi connectivity index (χ4v) is 3.52. The van der Waals surface area contributed by atoms with Crippen molar-refractivity contribution in [2.45, 2.75) is 38.8 Å². The van der Waals surface area contributed by atoms with Crippen molar-refractivity contribution >= 4 is 6.03 Å². The normalized spacial score (nSPS) is 16.2. The van der Waals surface area contributed by atoms with Gasteiger partial charge in [-0.05, 0) is 49.4 Å².